The molecule has 3 fully saturated rings. The van der Waals surface area contributed by atoms with Crippen LogP contribution in [0.5, 0.6) is 0 Å². The summed E-state index contributed by atoms with van der Waals surface area (Å²) in [6.07, 6.45) is 10.6. The molecule has 4 rings (SSSR count). The first kappa shape index (κ1) is 28.9. The number of ketones is 3. The number of fused-ring (bicyclic) bond motifs is 5. The summed E-state index contributed by atoms with van der Waals surface area (Å²) in [5.74, 6) is -1.07. The fourth-order valence-corrected chi connectivity index (χ4v) is 8.15. The van der Waals surface area contributed by atoms with Crippen LogP contribution in [0, 0.1) is 28.6 Å². The number of esters is 1. The average molecular weight is 528 g/mol. The molecular weight excluding hydrogens is 482 g/mol. The number of unbranched alkanes of at least 4 members (excludes halogenated alkanes) is 2. The highest BCUT2D eigenvalue weighted by atomic mass is 16.5. The summed E-state index contributed by atoms with van der Waals surface area (Å²) in [6.45, 7) is 10.8. The van der Waals surface area contributed by atoms with Crippen molar-refractivity contribution in [1.29, 1.82) is 0 Å². The zero-order chi connectivity index (χ0) is 27.7. The van der Waals surface area contributed by atoms with Gasteiger partial charge >= 0.3 is 5.97 Å². The molecule has 0 radical (unpaired) electrons. The molecule has 38 heavy (non-hydrogen) atoms. The Bertz CT molecular complexity index is 1030. The first-order valence-electron chi connectivity index (χ1n) is 14.6. The number of rotatable bonds is 11. The van der Waals surface area contributed by atoms with E-state index in [4.69, 9.17) is 4.74 Å². The van der Waals surface area contributed by atoms with E-state index in [-0.39, 0.29) is 48.6 Å². The van der Waals surface area contributed by atoms with Gasteiger partial charge < -0.3 is 14.7 Å². The lowest BCUT2D eigenvalue weighted by atomic mass is 9.46. The minimum absolute atomic E-state index is 0.0186. The first-order valence-corrected chi connectivity index (χ1v) is 14.6. The van der Waals surface area contributed by atoms with E-state index in [1.807, 2.05) is 13.0 Å². The number of aliphatic hydroxyl groups is 1. The van der Waals surface area contributed by atoms with Crippen molar-refractivity contribution in [1.82, 2.24) is 4.90 Å². The number of Topliss-reactive ketones (excluding diaryl/α,β-unsaturated/α-hetero) is 2. The zero-order valence-electron chi connectivity index (χ0n) is 23.6. The molecule has 0 aromatic heterocycles. The summed E-state index contributed by atoms with van der Waals surface area (Å²) >= 11 is 0. The van der Waals surface area contributed by atoms with Crippen LogP contribution in [-0.4, -0.2) is 65.2 Å². The van der Waals surface area contributed by atoms with E-state index in [9.17, 15) is 24.3 Å². The second-order valence-corrected chi connectivity index (χ2v) is 12.4. The molecule has 0 bridgehead atoms. The van der Waals surface area contributed by atoms with E-state index in [2.05, 4.69) is 25.7 Å². The number of hydrogen-bond donors (Lipinski definition) is 1. The van der Waals surface area contributed by atoms with Crippen molar-refractivity contribution in [3.63, 3.8) is 0 Å². The number of carbonyl (C=O) groups is 4. The molecule has 0 spiro atoms. The quantitative estimate of drug-likeness (QED) is 0.317. The normalized spacial score (nSPS) is 35.9. The summed E-state index contributed by atoms with van der Waals surface area (Å²) in [5, 5.41) is 11.7. The summed E-state index contributed by atoms with van der Waals surface area (Å²) < 4.78 is 5.31. The Morgan fingerprint density at radius 1 is 1.11 bits per heavy atom. The van der Waals surface area contributed by atoms with Gasteiger partial charge in [0.05, 0.1) is 0 Å². The van der Waals surface area contributed by atoms with Crippen LogP contribution in [-0.2, 0) is 23.9 Å². The first-order chi connectivity index (χ1) is 18.0. The summed E-state index contributed by atoms with van der Waals surface area (Å²) in [5.41, 5.74) is -2.03. The molecule has 7 heteroatoms. The van der Waals surface area contributed by atoms with Gasteiger partial charge in [-0.2, -0.15) is 0 Å². The Morgan fingerprint density at radius 2 is 1.84 bits per heavy atom. The minimum atomic E-state index is -1.68. The third-order valence-corrected chi connectivity index (χ3v) is 10.5. The molecule has 0 aromatic rings. The highest BCUT2D eigenvalue weighted by molar-refractivity contribution is 6.02. The van der Waals surface area contributed by atoms with Gasteiger partial charge in [-0.25, -0.2) is 0 Å². The lowest BCUT2D eigenvalue weighted by molar-refractivity contribution is -0.172. The van der Waals surface area contributed by atoms with E-state index >= 15 is 0 Å². The average Bonchev–Trinajstić information content (AvgIpc) is 3.15. The lowest BCUT2D eigenvalue weighted by Crippen LogP contribution is -2.60. The van der Waals surface area contributed by atoms with Crippen molar-refractivity contribution in [2.24, 2.45) is 28.6 Å². The molecule has 0 heterocycles. The number of allylic oxidation sites excluding steroid dienone is 4. The van der Waals surface area contributed by atoms with Crippen LogP contribution in [0.1, 0.15) is 85.5 Å². The molecule has 6 atom stereocenters. The smallest absolute Gasteiger partial charge is 0.306 e. The zero-order valence-corrected chi connectivity index (χ0v) is 23.6. The maximum absolute atomic E-state index is 13.7. The van der Waals surface area contributed by atoms with Crippen LogP contribution in [0.4, 0.5) is 0 Å². The summed E-state index contributed by atoms with van der Waals surface area (Å²) in [6, 6.07) is 0. The molecule has 210 valence electrons. The van der Waals surface area contributed by atoms with Crippen LogP contribution in [0.25, 0.3) is 0 Å². The van der Waals surface area contributed by atoms with Crippen molar-refractivity contribution in [3.8, 4) is 0 Å². The van der Waals surface area contributed by atoms with Gasteiger partial charge in [0.15, 0.2) is 12.4 Å². The second kappa shape index (κ2) is 11.2. The Balaban J connectivity index is 1.36. The minimum Gasteiger partial charge on any atom is -0.458 e. The monoisotopic (exact) mass is 527 g/mol. The molecular formula is C31H45NO6. The number of carbonyl (C=O) groups excluding carboxylic acids is 4. The number of nitrogens with zero attached hydrogens (tertiary/aromatic N) is 1. The van der Waals surface area contributed by atoms with Gasteiger partial charge in [-0.1, -0.05) is 45.8 Å². The maximum Gasteiger partial charge on any atom is 0.306 e. The molecule has 4 aliphatic rings. The predicted octanol–water partition coefficient (Wildman–Crippen LogP) is 4.22. The van der Waals surface area contributed by atoms with Crippen molar-refractivity contribution >= 4 is 23.3 Å². The Hall–Kier alpha value is -2.12. The standard InChI is InChI=1S/C31H45NO6/c1-5-32(6-2)17-9-7-8-10-27(36)38-20-26(35)31(37)16-14-24-23-12-11-21-18-22(33)13-15-29(21,3)28(23)25(34)19-30(24,31)4/h13,15,18,23-24,28,37H,5-12,14,16-17,19-20H2,1-4H3/t23-,24-,28+,29-,30-,31-/m0/s1. The van der Waals surface area contributed by atoms with Crippen LogP contribution in [0.15, 0.2) is 23.8 Å². The predicted molar refractivity (Wildman–Crippen MR) is 144 cm³/mol. The molecule has 3 saturated carbocycles. The van der Waals surface area contributed by atoms with E-state index in [1.165, 1.54) is 0 Å². The third-order valence-electron chi connectivity index (χ3n) is 10.5. The van der Waals surface area contributed by atoms with Crippen molar-refractivity contribution in [2.75, 3.05) is 26.2 Å². The second-order valence-electron chi connectivity index (χ2n) is 12.4. The molecule has 4 aliphatic carbocycles. The van der Waals surface area contributed by atoms with Gasteiger partial charge in [0.1, 0.15) is 11.4 Å². The molecule has 0 aliphatic heterocycles. The Labute approximate surface area is 227 Å². The van der Waals surface area contributed by atoms with E-state index in [0.717, 1.165) is 50.9 Å². The molecule has 0 saturated heterocycles. The van der Waals surface area contributed by atoms with E-state index < -0.39 is 34.8 Å². The maximum atomic E-state index is 13.7. The van der Waals surface area contributed by atoms with E-state index in [0.29, 0.717) is 12.8 Å². The summed E-state index contributed by atoms with van der Waals surface area (Å²) in [4.78, 5) is 53.7. The highest BCUT2D eigenvalue weighted by Gasteiger charge is 2.68. The van der Waals surface area contributed by atoms with Gasteiger partial charge in [0.25, 0.3) is 0 Å². The van der Waals surface area contributed by atoms with Crippen LogP contribution >= 0.6 is 0 Å². The third kappa shape index (κ3) is 4.97. The largest absolute Gasteiger partial charge is 0.458 e. The molecule has 7 nitrogen and oxygen atoms in total. The molecule has 0 unspecified atom stereocenters. The summed E-state index contributed by atoms with van der Waals surface area (Å²) in [7, 11) is 0. The van der Waals surface area contributed by atoms with Crippen molar-refractivity contribution < 1.29 is 29.0 Å². The van der Waals surface area contributed by atoms with Crippen molar-refractivity contribution in [3.05, 3.63) is 23.8 Å². The van der Waals surface area contributed by atoms with Crippen LogP contribution in [0.2, 0.25) is 0 Å². The number of ether oxygens (including phenoxy) is 1. The SMILES string of the molecule is CCN(CC)CCCCCC(=O)OCC(=O)[C@@]1(O)CC[C@H]2[C@@H]3CCC4=CC(=O)C=C[C@]4(C)[C@H]3C(=O)C[C@@]21C. The Kier molecular flexibility index (Phi) is 8.49. The highest BCUT2D eigenvalue weighted by Crippen LogP contribution is 2.66. The van der Waals surface area contributed by atoms with Crippen molar-refractivity contribution in [2.45, 2.75) is 91.1 Å². The van der Waals surface area contributed by atoms with Crippen LogP contribution < -0.4 is 0 Å². The van der Waals surface area contributed by atoms with Gasteiger partial charge in [0.2, 0.25) is 5.78 Å². The van der Waals surface area contributed by atoms with Gasteiger partial charge in [-0.3, -0.25) is 19.2 Å². The topological polar surface area (TPSA) is 101 Å². The number of hydrogen-bond acceptors (Lipinski definition) is 7. The van der Waals surface area contributed by atoms with Gasteiger partial charge in [-0.15, -0.1) is 0 Å². The molecule has 0 aromatic carbocycles. The lowest BCUT2D eigenvalue weighted by Gasteiger charge is -2.56. The fourth-order valence-electron chi connectivity index (χ4n) is 8.15. The van der Waals surface area contributed by atoms with Gasteiger partial charge in [0, 0.05) is 29.6 Å². The Morgan fingerprint density at radius 3 is 2.55 bits per heavy atom. The fraction of sp³-hybridized carbons (Fsp3) is 0.742. The molecule has 1 N–H and O–H groups in total. The molecule has 0 amide bonds. The van der Waals surface area contributed by atoms with Crippen LogP contribution in [0.3, 0.4) is 0 Å². The van der Waals surface area contributed by atoms with Gasteiger partial charge in [-0.05, 0) is 82.1 Å². The van der Waals surface area contributed by atoms with E-state index in [1.54, 1.807) is 12.2 Å².